The third-order valence-corrected chi connectivity index (χ3v) is 6.24. The average Bonchev–Trinajstić information content (AvgIpc) is 3.37. The topological polar surface area (TPSA) is 236 Å². The molecule has 5 rings (SSSR count). The van der Waals surface area contributed by atoms with Crippen molar-refractivity contribution >= 4 is 50.7 Å². The normalized spacial score (nSPS) is 10.2. The molecule has 0 amide bonds. The molecule has 0 radical (unpaired) electrons. The number of aromatic nitrogens is 2. The maximum atomic E-state index is 10.9. The summed E-state index contributed by atoms with van der Waals surface area (Å²) >= 11 is 0. The number of nitrogen functional groups attached to an aromatic ring is 3. The van der Waals surface area contributed by atoms with Gasteiger partial charge in [-0.05, 0) is 73.9 Å². The van der Waals surface area contributed by atoms with Gasteiger partial charge in [-0.2, -0.15) is 0 Å². The number of hydrogen-bond donors (Lipinski definition) is 4. The standard InChI is InChI=1S/C14H12N4O2.C9H10N2O2.C7H8N2O2/c1-8-2-5-11-12(6-8)17-14(16-11)9-3-4-10(15)13(7-9)18(19)20;1-6(2)7-3-4-8(10)9(5-7)11(12)13;1-5-2-3-7(9(10)11)6(8)4-5/h2-7H,15H2,1H3,(H,16,17);3-5H,1,10H2,2H3;2-4H,8H2,1H3. The van der Waals surface area contributed by atoms with Crippen LogP contribution in [-0.2, 0) is 0 Å². The summed E-state index contributed by atoms with van der Waals surface area (Å²) in [5.41, 5.74) is 22.6. The maximum absolute atomic E-state index is 10.9. The number of aryl methyl sites for hydroxylation is 2. The lowest BCUT2D eigenvalue weighted by molar-refractivity contribution is -0.384. The Balaban J connectivity index is 0.000000192. The van der Waals surface area contributed by atoms with Gasteiger partial charge in [-0.15, -0.1) is 0 Å². The Morgan fingerprint density at radius 1 is 0.705 bits per heavy atom. The molecular weight excluding hydrogens is 568 g/mol. The quantitative estimate of drug-likeness (QED) is 0.0945. The fourth-order valence-corrected chi connectivity index (χ4v) is 3.92. The van der Waals surface area contributed by atoms with Gasteiger partial charge in [0.15, 0.2) is 0 Å². The van der Waals surface area contributed by atoms with Crippen LogP contribution in [0.5, 0.6) is 0 Å². The molecular formula is C30H30N8O6. The molecule has 1 heterocycles. The van der Waals surface area contributed by atoms with Gasteiger partial charge in [0.2, 0.25) is 0 Å². The van der Waals surface area contributed by atoms with Crippen molar-refractivity contribution in [2.24, 2.45) is 0 Å². The highest BCUT2D eigenvalue weighted by atomic mass is 16.6. The van der Waals surface area contributed by atoms with Crippen LogP contribution in [0.25, 0.3) is 28.0 Å². The number of nitro groups is 3. The number of aromatic amines is 1. The number of fused-ring (bicyclic) bond motifs is 1. The molecule has 0 saturated carbocycles. The molecule has 226 valence electrons. The number of H-pyrrole nitrogens is 1. The Hall–Kier alpha value is -6.31. The zero-order valence-electron chi connectivity index (χ0n) is 24.1. The van der Waals surface area contributed by atoms with Crippen molar-refractivity contribution in [3.63, 3.8) is 0 Å². The van der Waals surface area contributed by atoms with E-state index in [1.54, 1.807) is 31.2 Å². The van der Waals surface area contributed by atoms with Crippen LogP contribution in [-0.4, -0.2) is 24.7 Å². The third-order valence-electron chi connectivity index (χ3n) is 6.24. The van der Waals surface area contributed by atoms with Gasteiger partial charge < -0.3 is 22.2 Å². The number of allylic oxidation sites excluding steroid dienone is 1. The van der Waals surface area contributed by atoms with E-state index < -0.39 is 14.8 Å². The summed E-state index contributed by atoms with van der Waals surface area (Å²) in [6.07, 6.45) is 0. The molecule has 0 unspecified atom stereocenters. The minimum absolute atomic E-state index is 0.0319. The molecule has 0 atom stereocenters. The van der Waals surface area contributed by atoms with E-state index in [-0.39, 0.29) is 34.1 Å². The number of rotatable bonds is 5. The van der Waals surface area contributed by atoms with Gasteiger partial charge in [0, 0.05) is 23.8 Å². The van der Waals surface area contributed by atoms with Gasteiger partial charge in [-0.3, -0.25) is 30.3 Å². The SMILES string of the molecule is C=C(C)c1ccc(N)c([N+](=O)[O-])c1.Cc1ccc([N+](=O)[O-])c(N)c1.Cc1ccc2nc(-c3ccc(N)c([N+](=O)[O-])c3)[nH]c2c1. The first kappa shape index (κ1) is 32.2. The highest BCUT2D eigenvalue weighted by Gasteiger charge is 2.15. The number of nitrogens with two attached hydrogens (primary N) is 3. The van der Waals surface area contributed by atoms with Crippen LogP contribution in [0.1, 0.15) is 23.6 Å². The van der Waals surface area contributed by atoms with Crippen LogP contribution in [0, 0.1) is 44.2 Å². The fraction of sp³-hybridized carbons (Fsp3) is 0.100. The van der Waals surface area contributed by atoms with E-state index >= 15 is 0 Å². The van der Waals surface area contributed by atoms with Crippen molar-refractivity contribution in [3.05, 3.63) is 126 Å². The summed E-state index contributed by atoms with van der Waals surface area (Å²) in [4.78, 5) is 37.8. The van der Waals surface area contributed by atoms with E-state index in [9.17, 15) is 30.3 Å². The van der Waals surface area contributed by atoms with Gasteiger partial charge >= 0.3 is 0 Å². The third kappa shape index (κ3) is 7.91. The molecule has 0 saturated heterocycles. The summed E-state index contributed by atoms with van der Waals surface area (Å²) < 4.78 is 0. The first-order valence-electron chi connectivity index (χ1n) is 12.9. The first-order chi connectivity index (χ1) is 20.7. The minimum Gasteiger partial charge on any atom is -0.393 e. The van der Waals surface area contributed by atoms with E-state index in [2.05, 4.69) is 16.5 Å². The molecule has 14 nitrogen and oxygen atoms in total. The van der Waals surface area contributed by atoms with Crippen LogP contribution in [0.3, 0.4) is 0 Å². The molecule has 5 aromatic rings. The second-order valence-electron chi connectivity index (χ2n) is 9.77. The van der Waals surface area contributed by atoms with E-state index in [4.69, 9.17) is 17.2 Å². The molecule has 0 spiro atoms. The number of benzene rings is 4. The molecule has 0 bridgehead atoms. The monoisotopic (exact) mass is 598 g/mol. The van der Waals surface area contributed by atoms with Gasteiger partial charge in [-0.25, -0.2) is 4.98 Å². The number of imidazole rings is 1. The van der Waals surface area contributed by atoms with Gasteiger partial charge in [0.05, 0.1) is 25.8 Å². The number of hydrogen-bond acceptors (Lipinski definition) is 10. The first-order valence-corrected chi connectivity index (χ1v) is 12.9. The highest BCUT2D eigenvalue weighted by molar-refractivity contribution is 5.81. The van der Waals surface area contributed by atoms with E-state index in [0.29, 0.717) is 11.4 Å². The van der Waals surface area contributed by atoms with Crippen LogP contribution in [0.4, 0.5) is 34.1 Å². The van der Waals surface area contributed by atoms with Crippen molar-refractivity contribution in [1.29, 1.82) is 0 Å². The summed E-state index contributed by atoms with van der Waals surface area (Å²) in [5.74, 6) is 0.591. The Morgan fingerprint density at radius 3 is 1.82 bits per heavy atom. The van der Waals surface area contributed by atoms with Gasteiger partial charge in [0.1, 0.15) is 22.9 Å². The van der Waals surface area contributed by atoms with Crippen molar-refractivity contribution in [2.75, 3.05) is 17.2 Å². The number of nitrogens with one attached hydrogen (secondary N) is 1. The van der Waals surface area contributed by atoms with Crippen LogP contribution < -0.4 is 17.2 Å². The van der Waals surface area contributed by atoms with Crippen molar-refractivity contribution < 1.29 is 14.8 Å². The summed E-state index contributed by atoms with van der Waals surface area (Å²) in [5, 5.41) is 31.7. The smallest absolute Gasteiger partial charge is 0.292 e. The zero-order chi connectivity index (χ0) is 32.7. The average molecular weight is 599 g/mol. The van der Waals surface area contributed by atoms with Crippen molar-refractivity contribution in [3.8, 4) is 11.4 Å². The summed E-state index contributed by atoms with van der Waals surface area (Å²) in [6.45, 7) is 9.31. The predicted octanol–water partition coefficient (Wildman–Crippen LogP) is 6.72. The molecule has 0 aliphatic heterocycles. The Morgan fingerprint density at radius 2 is 1.25 bits per heavy atom. The van der Waals surface area contributed by atoms with Crippen molar-refractivity contribution in [2.45, 2.75) is 20.8 Å². The Labute approximate surface area is 251 Å². The summed E-state index contributed by atoms with van der Waals surface area (Å²) in [7, 11) is 0. The van der Waals surface area contributed by atoms with Crippen LogP contribution in [0.15, 0.2) is 79.4 Å². The predicted molar refractivity (Wildman–Crippen MR) is 172 cm³/mol. The molecule has 44 heavy (non-hydrogen) atoms. The fourth-order valence-electron chi connectivity index (χ4n) is 3.92. The minimum atomic E-state index is -0.498. The molecule has 0 aliphatic carbocycles. The largest absolute Gasteiger partial charge is 0.393 e. The lowest BCUT2D eigenvalue weighted by atomic mass is 10.1. The molecule has 1 aromatic heterocycles. The van der Waals surface area contributed by atoms with E-state index in [0.717, 1.165) is 33.3 Å². The van der Waals surface area contributed by atoms with Gasteiger partial charge in [0.25, 0.3) is 17.1 Å². The Bertz CT molecular complexity index is 1900. The number of anilines is 3. The molecule has 0 fully saturated rings. The van der Waals surface area contributed by atoms with Crippen molar-refractivity contribution in [1.82, 2.24) is 9.97 Å². The van der Waals surface area contributed by atoms with Gasteiger partial charge in [-0.1, -0.05) is 30.4 Å². The zero-order valence-corrected chi connectivity index (χ0v) is 24.1. The maximum Gasteiger partial charge on any atom is 0.292 e. The summed E-state index contributed by atoms with van der Waals surface area (Å²) in [6, 6.07) is 19.8. The highest BCUT2D eigenvalue weighted by Crippen LogP contribution is 2.29. The number of nitrogens with zero attached hydrogens (tertiary/aromatic N) is 4. The molecule has 7 N–H and O–H groups in total. The lowest BCUT2D eigenvalue weighted by Gasteiger charge is -2.01. The number of nitro benzene ring substituents is 3. The molecule has 14 heteroatoms. The van der Waals surface area contributed by atoms with Crippen LogP contribution >= 0.6 is 0 Å². The second kappa shape index (κ2) is 13.6. The van der Waals surface area contributed by atoms with E-state index in [1.165, 1.54) is 30.3 Å². The second-order valence-corrected chi connectivity index (χ2v) is 9.77. The molecule has 0 aliphatic rings. The molecule has 4 aromatic carbocycles. The lowest BCUT2D eigenvalue weighted by Crippen LogP contribution is -1.96. The van der Waals surface area contributed by atoms with E-state index in [1.807, 2.05) is 32.0 Å². The Kier molecular flexibility index (Phi) is 9.93. The van der Waals surface area contributed by atoms with Crippen LogP contribution in [0.2, 0.25) is 0 Å².